The maximum atomic E-state index is 12.7. The van der Waals surface area contributed by atoms with Gasteiger partial charge in [-0.05, 0) is 47.7 Å². The van der Waals surface area contributed by atoms with Gasteiger partial charge in [0.2, 0.25) is 0 Å². The number of carboxylic acids is 1. The summed E-state index contributed by atoms with van der Waals surface area (Å²) in [6.07, 6.45) is 9.83. The quantitative estimate of drug-likeness (QED) is 0.138. The van der Waals surface area contributed by atoms with Crippen molar-refractivity contribution >= 4 is 23.2 Å². The van der Waals surface area contributed by atoms with Crippen LogP contribution in [0.1, 0.15) is 78.9 Å². The zero-order chi connectivity index (χ0) is 29.9. The molecule has 0 fully saturated rings. The molecule has 0 radical (unpaired) electrons. The Labute approximate surface area is 252 Å². The van der Waals surface area contributed by atoms with E-state index in [9.17, 15) is 14.7 Å². The van der Waals surface area contributed by atoms with Gasteiger partial charge in [0, 0.05) is 34.8 Å². The molecule has 0 aliphatic rings. The summed E-state index contributed by atoms with van der Waals surface area (Å²) in [6.45, 7) is 7.07. The fourth-order valence-electron chi connectivity index (χ4n) is 4.51. The van der Waals surface area contributed by atoms with E-state index in [2.05, 4.69) is 36.1 Å². The van der Waals surface area contributed by atoms with Crippen LogP contribution in [-0.2, 0) is 11.2 Å². The molecule has 2 aromatic heterocycles. The molecule has 0 spiro atoms. The van der Waals surface area contributed by atoms with E-state index >= 15 is 0 Å². The highest BCUT2D eigenvalue weighted by Gasteiger charge is 2.22. The fraction of sp³-hybridized carbons (Fsp3) is 0.353. The minimum Gasteiger partial charge on any atom is -0.494 e. The summed E-state index contributed by atoms with van der Waals surface area (Å²) < 4.78 is 5.86. The molecule has 4 rings (SSSR count). The normalized spacial score (nSPS) is 11.8. The zero-order valence-electron chi connectivity index (χ0n) is 24.5. The first-order valence-electron chi connectivity index (χ1n) is 14.6. The average molecular weight is 586 g/mol. The molecule has 0 saturated carbocycles. The Morgan fingerprint density at radius 3 is 2.14 bits per heavy atom. The third-order valence-electron chi connectivity index (χ3n) is 7.03. The number of benzene rings is 2. The molecule has 0 unspecified atom stereocenters. The number of aliphatic carboxylic acids is 1. The van der Waals surface area contributed by atoms with E-state index in [1.165, 1.54) is 37.0 Å². The van der Waals surface area contributed by atoms with Crippen LogP contribution in [0.2, 0.25) is 0 Å². The SMILES string of the molecule is CCCCCCCOc1ccc(-c2cnc(-c3ccc(C[C@H](NC(=O)c4ccc(C(C)C)s4)C(=O)O)cc3)nc2)cc1. The summed E-state index contributed by atoms with van der Waals surface area (Å²) in [4.78, 5) is 35.3. The lowest BCUT2D eigenvalue weighted by Gasteiger charge is -2.14. The number of carbonyl (C=O) groups is 2. The molecule has 0 saturated heterocycles. The number of nitrogens with zero attached hydrogens (tertiary/aromatic N) is 2. The number of thiophene rings is 1. The van der Waals surface area contributed by atoms with Crippen LogP contribution in [0.15, 0.2) is 73.1 Å². The van der Waals surface area contributed by atoms with Crippen LogP contribution in [-0.4, -0.2) is 39.6 Å². The molecule has 8 heteroatoms. The van der Waals surface area contributed by atoms with Crippen LogP contribution >= 0.6 is 11.3 Å². The number of rotatable bonds is 15. The summed E-state index contributed by atoms with van der Waals surface area (Å²) in [5.74, 6) is 0.309. The van der Waals surface area contributed by atoms with E-state index in [1.807, 2.05) is 54.6 Å². The van der Waals surface area contributed by atoms with Gasteiger partial charge < -0.3 is 15.2 Å². The van der Waals surface area contributed by atoms with Crippen LogP contribution in [0.4, 0.5) is 0 Å². The van der Waals surface area contributed by atoms with Crippen molar-refractivity contribution in [3.05, 3.63) is 88.4 Å². The van der Waals surface area contributed by atoms with Crippen LogP contribution in [0, 0.1) is 0 Å². The van der Waals surface area contributed by atoms with Gasteiger partial charge in [0.05, 0.1) is 11.5 Å². The van der Waals surface area contributed by atoms with Gasteiger partial charge in [0.25, 0.3) is 5.91 Å². The molecule has 0 aliphatic carbocycles. The lowest BCUT2D eigenvalue weighted by molar-refractivity contribution is -0.139. The van der Waals surface area contributed by atoms with Crippen molar-refractivity contribution in [2.45, 2.75) is 71.3 Å². The Kier molecular flexibility index (Phi) is 11.2. The Balaban J connectivity index is 1.32. The highest BCUT2D eigenvalue weighted by atomic mass is 32.1. The number of amides is 1. The van der Waals surface area contributed by atoms with Crippen LogP contribution in [0.3, 0.4) is 0 Å². The van der Waals surface area contributed by atoms with Gasteiger partial charge in [0.1, 0.15) is 11.8 Å². The van der Waals surface area contributed by atoms with Crippen LogP contribution in [0.25, 0.3) is 22.5 Å². The number of carbonyl (C=O) groups excluding carboxylic acids is 1. The average Bonchev–Trinajstić information content (AvgIpc) is 3.51. The Morgan fingerprint density at radius 2 is 1.52 bits per heavy atom. The van der Waals surface area contributed by atoms with Crippen molar-refractivity contribution in [1.82, 2.24) is 15.3 Å². The molecule has 4 aromatic rings. The molecular weight excluding hydrogens is 546 g/mol. The van der Waals surface area contributed by atoms with Crippen molar-refractivity contribution < 1.29 is 19.4 Å². The maximum Gasteiger partial charge on any atom is 0.326 e. The molecule has 1 atom stereocenters. The molecule has 1 amide bonds. The molecule has 220 valence electrons. The monoisotopic (exact) mass is 585 g/mol. The number of hydrogen-bond acceptors (Lipinski definition) is 6. The van der Waals surface area contributed by atoms with Crippen molar-refractivity contribution in [2.24, 2.45) is 0 Å². The van der Waals surface area contributed by atoms with Gasteiger partial charge in [-0.2, -0.15) is 0 Å². The number of carboxylic acid groups (broad SMARTS) is 1. The molecular formula is C34H39N3O4S. The Bertz CT molecular complexity index is 1430. The first-order chi connectivity index (χ1) is 20.3. The summed E-state index contributed by atoms with van der Waals surface area (Å²) in [5.41, 5.74) is 3.54. The highest BCUT2D eigenvalue weighted by Crippen LogP contribution is 2.25. The first-order valence-corrected chi connectivity index (χ1v) is 15.4. The van der Waals surface area contributed by atoms with E-state index in [0.29, 0.717) is 16.6 Å². The molecule has 42 heavy (non-hydrogen) atoms. The molecule has 2 heterocycles. The van der Waals surface area contributed by atoms with Crippen molar-refractivity contribution in [2.75, 3.05) is 6.61 Å². The third kappa shape index (κ3) is 8.73. The number of ether oxygens (including phenoxy) is 1. The standard InChI is InChI=1S/C34H39N3O4S/c1-4-5-6-7-8-19-41-28-15-13-25(14-16-28)27-21-35-32(36-22-27)26-11-9-24(10-12-26)20-29(34(39)40)37-33(38)31-18-17-30(42-31)23(2)3/h9-18,21-23,29H,4-8,19-20H2,1-3H3,(H,37,38)(H,39,40)/t29-/m0/s1. The Hall–Kier alpha value is -4.04. The van der Waals surface area contributed by atoms with Gasteiger partial charge in [-0.3, -0.25) is 4.79 Å². The van der Waals surface area contributed by atoms with Gasteiger partial charge in [-0.25, -0.2) is 14.8 Å². The van der Waals surface area contributed by atoms with Crippen molar-refractivity contribution in [1.29, 1.82) is 0 Å². The predicted molar refractivity (Wildman–Crippen MR) is 168 cm³/mol. The molecule has 2 aromatic carbocycles. The van der Waals surface area contributed by atoms with E-state index < -0.39 is 12.0 Å². The maximum absolute atomic E-state index is 12.7. The topological polar surface area (TPSA) is 101 Å². The molecule has 0 aliphatic heterocycles. The third-order valence-corrected chi connectivity index (χ3v) is 8.42. The van der Waals surface area contributed by atoms with Gasteiger partial charge in [-0.1, -0.05) is 82.9 Å². The number of unbranched alkanes of at least 4 members (excludes halogenated alkanes) is 4. The van der Waals surface area contributed by atoms with Crippen LogP contribution < -0.4 is 10.1 Å². The second-order valence-corrected chi connectivity index (χ2v) is 11.8. The van der Waals surface area contributed by atoms with Crippen LogP contribution in [0.5, 0.6) is 5.75 Å². The second-order valence-electron chi connectivity index (χ2n) is 10.7. The minimum absolute atomic E-state index is 0.169. The number of nitrogens with one attached hydrogen (secondary N) is 1. The van der Waals surface area contributed by atoms with E-state index in [-0.39, 0.29) is 12.3 Å². The van der Waals surface area contributed by atoms with Gasteiger partial charge >= 0.3 is 5.97 Å². The highest BCUT2D eigenvalue weighted by molar-refractivity contribution is 7.14. The fourth-order valence-corrected chi connectivity index (χ4v) is 5.42. The van der Waals surface area contributed by atoms with E-state index in [0.717, 1.165) is 45.9 Å². The van der Waals surface area contributed by atoms with Gasteiger partial charge in [0.15, 0.2) is 5.82 Å². The lowest BCUT2D eigenvalue weighted by atomic mass is 10.0. The number of hydrogen-bond donors (Lipinski definition) is 2. The Morgan fingerprint density at radius 1 is 0.857 bits per heavy atom. The molecule has 2 N–H and O–H groups in total. The predicted octanol–water partition coefficient (Wildman–Crippen LogP) is 7.77. The van der Waals surface area contributed by atoms with E-state index in [4.69, 9.17) is 4.74 Å². The summed E-state index contributed by atoms with van der Waals surface area (Å²) in [5, 5.41) is 12.4. The minimum atomic E-state index is -1.08. The van der Waals surface area contributed by atoms with E-state index in [1.54, 1.807) is 18.5 Å². The largest absolute Gasteiger partial charge is 0.494 e. The summed E-state index contributed by atoms with van der Waals surface area (Å²) in [7, 11) is 0. The number of aromatic nitrogens is 2. The first kappa shape index (κ1) is 30.9. The summed E-state index contributed by atoms with van der Waals surface area (Å²) in [6, 6.07) is 18.0. The van der Waals surface area contributed by atoms with Gasteiger partial charge in [-0.15, -0.1) is 11.3 Å². The smallest absolute Gasteiger partial charge is 0.326 e. The van der Waals surface area contributed by atoms with Crippen molar-refractivity contribution in [3.8, 4) is 28.3 Å². The van der Waals surface area contributed by atoms with Crippen molar-refractivity contribution in [3.63, 3.8) is 0 Å². The molecule has 0 bridgehead atoms. The zero-order valence-corrected chi connectivity index (χ0v) is 25.3. The summed E-state index contributed by atoms with van der Waals surface area (Å²) >= 11 is 1.39. The lowest BCUT2D eigenvalue weighted by Crippen LogP contribution is -2.42. The molecule has 7 nitrogen and oxygen atoms in total. The second kappa shape index (κ2) is 15.3.